The summed E-state index contributed by atoms with van der Waals surface area (Å²) in [7, 11) is 1.61. The lowest BCUT2D eigenvalue weighted by Crippen LogP contribution is -2.51. The van der Waals surface area contributed by atoms with Gasteiger partial charge in [-0.15, -0.1) is 12.4 Å². The Kier molecular flexibility index (Phi) is 8.49. The number of piperazine rings is 1. The van der Waals surface area contributed by atoms with Crippen molar-refractivity contribution in [3.8, 4) is 5.75 Å². The van der Waals surface area contributed by atoms with Crippen LogP contribution in [0.4, 0.5) is 0 Å². The summed E-state index contributed by atoms with van der Waals surface area (Å²) in [5, 5.41) is 0. The number of carbonyl (C=O) groups is 2. The number of carbonyl (C=O) groups excluding carboxylic acids is 2. The van der Waals surface area contributed by atoms with Crippen LogP contribution >= 0.6 is 12.4 Å². The molecule has 1 saturated heterocycles. The van der Waals surface area contributed by atoms with E-state index in [1.807, 2.05) is 59.5 Å². The van der Waals surface area contributed by atoms with E-state index in [9.17, 15) is 9.59 Å². The molecule has 156 valence electrons. The summed E-state index contributed by atoms with van der Waals surface area (Å²) >= 11 is 0. The molecule has 0 radical (unpaired) electrons. The molecule has 0 spiro atoms. The molecule has 29 heavy (non-hydrogen) atoms. The van der Waals surface area contributed by atoms with Gasteiger partial charge >= 0.3 is 0 Å². The van der Waals surface area contributed by atoms with Crippen molar-refractivity contribution in [1.82, 2.24) is 9.80 Å². The van der Waals surface area contributed by atoms with Gasteiger partial charge in [0, 0.05) is 38.6 Å². The zero-order valence-corrected chi connectivity index (χ0v) is 17.4. The number of halogens is 1. The summed E-state index contributed by atoms with van der Waals surface area (Å²) in [4.78, 5) is 28.7. The van der Waals surface area contributed by atoms with E-state index in [1.54, 1.807) is 12.0 Å². The fraction of sp³-hybridized carbons (Fsp3) is 0.364. The average molecular weight is 418 g/mol. The molecule has 1 fully saturated rings. The Morgan fingerprint density at radius 1 is 0.966 bits per heavy atom. The molecule has 1 aliphatic rings. The quantitative estimate of drug-likeness (QED) is 0.783. The molecule has 0 aliphatic carbocycles. The van der Waals surface area contributed by atoms with Crippen LogP contribution in [-0.4, -0.2) is 54.9 Å². The average Bonchev–Trinajstić information content (AvgIpc) is 2.74. The molecule has 3 rings (SSSR count). The lowest BCUT2D eigenvalue weighted by molar-refractivity contribution is -0.139. The summed E-state index contributed by atoms with van der Waals surface area (Å²) < 4.78 is 5.21. The lowest BCUT2D eigenvalue weighted by atomic mass is 10.0. The largest absolute Gasteiger partial charge is 0.497 e. The van der Waals surface area contributed by atoms with E-state index in [4.69, 9.17) is 10.5 Å². The SMILES string of the molecule is COc1cccc(CC(=O)N2CCN(C(=O)CC(N)c3ccccc3)CC2)c1.Cl. The second kappa shape index (κ2) is 10.8. The Hall–Kier alpha value is -2.57. The number of methoxy groups -OCH3 is 1. The Morgan fingerprint density at radius 2 is 1.59 bits per heavy atom. The van der Waals surface area contributed by atoms with Crippen molar-refractivity contribution in [2.75, 3.05) is 33.3 Å². The van der Waals surface area contributed by atoms with Crippen LogP contribution in [0.2, 0.25) is 0 Å². The van der Waals surface area contributed by atoms with E-state index in [0.717, 1.165) is 16.9 Å². The Labute approximate surface area is 178 Å². The number of hydrogen-bond donors (Lipinski definition) is 1. The number of hydrogen-bond acceptors (Lipinski definition) is 4. The fourth-order valence-corrected chi connectivity index (χ4v) is 3.41. The summed E-state index contributed by atoms with van der Waals surface area (Å²) in [5.74, 6) is 0.855. The monoisotopic (exact) mass is 417 g/mol. The van der Waals surface area contributed by atoms with Crippen molar-refractivity contribution >= 4 is 24.2 Å². The molecule has 0 saturated carbocycles. The number of ether oxygens (including phenoxy) is 1. The number of nitrogens with zero attached hydrogens (tertiary/aromatic N) is 2. The third-order valence-corrected chi connectivity index (χ3v) is 5.10. The van der Waals surface area contributed by atoms with Crippen LogP contribution in [0.15, 0.2) is 54.6 Å². The van der Waals surface area contributed by atoms with Crippen LogP contribution in [0.1, 0.15) is 23.6 Å². The molecule has 1 heterocycles. The van der Waals surface area contributed by atoms with E-state index >= 15 is 0 Å². The molecule has 0 bridgehead atoms. The molecule has 2 N–H and O–H groups in total. The van der Waals surface area contributed by atoms with Crippen LogP contribution < -0.4 is 10.5 Å². The Balaban J connectivity index is 0.00000300. The van der Waals surface area contributed by atoms with Gasteiger partial charge in [0.2, 0.25) is 11.8 Å². The number of amides is 2. The van der Waals surface area contributed by atoms with E-state index in [1.165, 1.54) is 0 Å². The fourth-order valence-electron chi connectivity index (χ4n) is 3.41. The molecule has 1 aliphatic heterocycles. The number of benzene rings is 2. The Bertz CT molecular complexity index is 808. The van der Waals surface area contributed by atoms with Gasteiger partial charge in [-0.3, -0.25) is 9.59 Å². The minimum atomic E-state index is -0.304. The molecule has 1 atom stereocenters. The van der Waals surface area contributed by atoms with Gasteiger partial charge in [-0.25, -0.2) is 0 Å². The van der Waals surface area contributed by atoms with Gasteiger partial charge in [0.15, 0.2) is 0 Å². The molecule has 2 aromatic carbocycles. The summed E-state index contributed by atoms with van der Waals surface area (Å²) in [5.41, 5.74) is 8.05. The zero-order valence-electron chi connectivity index (χ0n) is 16.6. The first-order valence-electron chi connectivity index (χ1n) is 9.56. The molecule has 6 nitrogen and oxygen atoms in total. The van der Waals surface area contributed by atoms with Crippen molar-refractivity contribution < 1.29 is 14.3 Å². The van der Waals surface area contributed by atoms with Gasteiger partial charge in [-0.1, -0.05) is 42.5 Å². The van der Waals surface area contributed by atoms with E-state index in [2.05, 4.69) is 0 Å². The van der Waals surface area contributed by atoms with Crippen LogP contribution in [0.5, 0.6) is 5.75 Å². The third kappa shape index (κ3) is 6.21. The van der Waals surface area contributed by atoms with E-state index in [0.29, 0.717) is 32.6 Å². The second-order valence-electron chi connectivity index (χ2n) is 7.01. The second-order valence-corrected chi connectivity index (χ2v) is 7.01. The van der Waals surface area contributed by atoms with Crippen molar-refractivity contribution in [2.24, 2.45) is 5.73 Å². The maximum Gasteiger partial charge on any atom is 0.227 e. The Morgan fingerprint density at radius 3 is 2.21 bits per heavy atom. The molecule has 1 unspecified atom stereocenters. The highest BCUT2D eigenvalue weighted by atomic mass is 35.5. The van der Waals surface area contributed by atoms with E-state index < -0.39 is 0 Å². The normalized spacial score (nSPS) is 14.7. The standard InChI is InChI=1S/C22H27N3O3.ClH/c1-28-19-9-5-6-17(14-19)15-21(26)24-10-12-25(13-11-24)22(27)16-20(23)18-7-3-2-4-8-18;/h2-9,14,20H,10-13,15-16,23H2,1H3;1H. The summed E-state index contributed by atoms with van der Waals surface area (Å²) in [6.45, 7) is 2.19. The highest BCUT2D eigenvalue weighted by Crippen LogP contribution is 2.17. The van der Waals surface area contributed by atoms with Crippen molar-refractivity contribution in [3.05, 3.63) is 65.7 Å². The molecule has 0 aromatic heterocycles. The van der Waals surface area contributed by atoms with Gasteiger partial charge < -0.3 is 20.3 Å². The first kappa shape index (κ1) is 22.7. The summed E-state index contributed by atoms with van der Waals surface area (Å²) in [6.07, 6.45) is 0.617. The molecule has 7 heteroatoms. The number of rotatable bonds is 6. The highest BCUT2D eigenvalue weighted by molar-refractivity contribution is 5.85. The smallest absolute Gasteiger partial charge is 0.227 e. The van der Waals surface area contributed by atoms with Crippen molar-refractivity contribution in [2.45, 2.75) is 18.9 Å². The van der Waals surface area contributed by atoms with Crippen LogP contribution in [0, 0.1) is 0 Å². The maximum absolute atomic E-state index is 12.6. The van der Waals surface area contributed by atoms with Gasteiger partial charge in [-0.2, -0.15) is 0 Å². The molecule has 2 amide bonds. The molecule has 2 aromatic rings. The lowest BCUT2D eigenvalue weighted by Gasteiger charge is -2.35. The van der Waals surface area contributed by atoms with E-state index in [-0.39, 0.29) is 36.7 Å². The third-order valence-electron chi connectivity index (χ3n) is 5.10. The van der Waals surface area contributed by atoms with Crippen LogP contribution in [-0.2, 0) is 16.0 Å². The van der Waals surface area contributed by atoms with Crippen molar-refractivity contribution in [1.29, 1.82) is 0 Å². The molecular weight excluding hydrogens is 390 g/mol. The number of nitrogens with two attached hydrogens (primary N) is 1. The minimum absolute atomic E-state index is 0. The van der Waals surface area contributed by atoms with Crippen LogP contribution in [0.3, 0.4) is 0 Å². The maximum atomic E-state index is 12.6. The predicted molar refractivity (Wildman–Crippen MR) is 115 cm³/mol. The topological polar surface area (TPSA) is 75.9 Å². The zero-order chi connectivity index (χ0) is 19.9. The van der Waals surface area contributed by atoms with Crippen LogP contribution in [0.25, 0.3) is 0 Å². The van der Waals surface area contributed by atoms with Gasteiger partial charge in [0.25, 0.3) is 0 Å². The van der Waals surface area contributed by atoms with Gasteiger partial charge in [0.05, 0.1) is 13.5 Å². The molecular formula is C22H28ClN3O3. The first-order chi connectivity index (χ1) is 13.6. The van der Waals surface area contributed by atoms with Crippen molar-refractivity contribution in [3.63, 3.8) is 0 Å². The summed E-state index contributed by atoms with van der Waals surface area (Å²) in [6, 6.07) is 16.9. The van der Waals surface area contributed by atoms with Gasteiger partial charge in [-0.05, 0) is 23.3 Å². The first-order valence-corrected chi connectivity index (χ1v) is 9.56. The predicted octanol–water partition coefficient (Wildman–Crippen LogP) is 2.42. The minimum Gasteiger partial charge on any atom is -0.497 e. The van der Waals surface area contributed by atoms with Gasteiger partial charge in [0.1, 0.15) is 5.75 Å². The highest BCUT2D eigenvalue weighted by Gasteiger charge is 2.25.